The van der Waals surface area contributed by atoms with Gasteiger partial charge in [-0.3, -0.25) is 9.59 Å². The molecule has 1 amide bonds. The maximum atomic E-state index is 12.7. The zero-order valence-electron chi connectivity index (χ0n) is 18.4. The topological polar surface area (TPSA) is 104 Å². The first-order valence-electron chi connectivity index (χ1n) is 10.1. The van der Waals surface area contributed by atoms with E-state index in [4.69, 9.17) is 14.2 Å². The molecule has 8 heteroatoms. The number of aromatic nitrogens is 1. The average Bonchev–Trinajstić information content (AvgIpc) is 2.74. The first kappa shape index (κ1) is 23.9. The van der Waals surface area contributed by atoms with E-state index in [9.17, 15) is 14.4 Å². The van der Waals surface area contributed by atoms with Gasteiger partial charge in [-0.25, -0.2) is 9.78 Å². The highest BCUT2D eigenvalue weighted by molar-refractivity contribution is 5.98. The Morgan fingerprint density at radius 3 is 2.35 bits per heavy atom. The number of nitrogens with zero attached hydrogens (tertiary/aromatic N) is 1. The van der Waals surface area contributed by atoms with Crippen LogP contribution in [-0.4, -0.2) is 42.1 Å². The van der Waals surface area contributed by atoms with Gasteiger partial charge in [0.1, 0.15) is 12.1 Å². The van der Waals surface area contributed by atoms with E-state index < -0.39 is 23.9 Å². The number of benzene rings is 1. The number of carbonyl (C=O) groups is 3. The van der Waals surface area contributed by atoms with Crippen LogP contribution in [0.1, 0.15) is 56.1 Å². The standard InChI is InChI=1S/C23H28N2O6/c1-6-18(17-10-8-7-9-11-17)15(3)30-23(28)14(2)25-22(27)20-21(31-16(4)26)19(29-5)12-13-24-20/h7-15,18H,6H2,1-5H3,(H,25,27)/t14-,15-,18+/m0/s1. The molecule has 31 heavy (non-hydrogen) atoms. The number of hydrogen-bond acceptors (Lipinski definition) is 7. The lowest BCUT2D eigenvalue weighted by molar-refractivity contribution is -0.151. The summed E-state index contributed by atoms with van der Waals surface area (Å²) in [7, 11) is 1.38. The Labute approximate surface area is 181 Å². The molecule has 2 aromatic rings. The van der Waals surface area contributed by atoms with Crippen molar-refractivity contribution in [3.63, 3.8) is 0 Å². The molecular formula is C23H28N2O6. The van der Waals surface area contributed by atoms with Gasteiger partial charge in [-0.1, -0.05) is 37.3 Å². The predicted octanol–water partition coefficient (Wildman–Crippen LogP) is 3.26. The van der Waals surface area contributed by atoms with E-state index in [1.165, 1.54) is 33.2 Å². The minimum Gasteiger partial charge on any atom is -0.493 e. The molecule has 0 radical (unpaired) electrons. The Morgan fingerprint density at radius 1 is 1.10 bits per heavy atom. The van der Waals surface area contributed by atoms with Crippen LogP contribution in [0, 0.1) is 0 Å². The van der Waals surface area contributed by atoms with E-state index in [1.807, 2.05) is 44.2 Å². The van der Waals surface area contributed by atoms with Gasteiger partial charge in [0.25, 0.3) is 5.91 Å². The molecule has 2 rings (SSSR count). The molecule has 0 unspecified atom stereocenters. The summed E-state index contributed by atoms with van der Waals surface area (Å²) < 4.78 is 15.8. The summed E-state index contributed by atoms with van der Waals surface area (Å²) in [5, 5.41) is 2.54. The van der Waals surface area contributed by atoms with Crippen LogP contribution in [0.4, 0.5) is 0 Å². The van der Waals surface area contributed by atoms with Gasteiger partial charge in [0, 0.05) is 25.1 Å². The third-order valence-corrected chi connectivity index (χ3v) is 4.79. The van der Waals surface area contributed by atoms with E-state index in [-0.39, 0.29) is 29.2 Å². The van der Waals surface area contributed by atoms with Crippen LogP contribution in [-0.2, 0) is 14.3 Å². The Balaban J connectivity index is 2.09. The van der Waals surface area contributed by atoms with Crippen LogP contribution >= 0.6 is 0 Å². The van der Waals surface area contributed by atoms with Crippen molar-refractivity contribution in [3.8, 4) is 11.5 Å². The van der Waals surface area contributed by atoms with E-state index in [0.717, 1.165) is 12.0 Å². The second kappa shape index (κ2) is 11.1. The highest BCUT2D eigenvalue weighted by Gasteiger charge is 2.27. The lowest BCUT2D eigenvalue weighted by Crippen LogP contribution is -2.41. The highest BCUT2D eigenvalue weighted by Crippen LogP contribution is 2.30. The first-order chi connectivity index (χ1) is 14.8. The third-order valence-electron chi connectivity index (χ3n) is 4.79. The summed E-state index contributed by atoms with van der Waals surface area (Å²) in [4.78, 5) is 40.7. The Kier molecular flexibility index (Phi) is 8.54. The normalized spacial score (nSPS) is 13.5. The van der Waals surface area contributed by atoms with Crippen molar-refractivity contribution in [2.24, 2.45) is 0 Å². The van der Waals surface area contributed by atoms with Crippen LogP contribution < -0.4 is 14.8 Å². The number of nitrogens with one attached hydrogen (secondary N) is 1. The summed E-state index contributed by atoms with van der Waals surface area (Å²) in [5.74, 6) is -1.81. The van der Waals surface area contributed by atoms with Crippen molar-refractivity contribution in [3.05, 3.63) is 53.9 Å². The molecule has 0 fully saturated rings. The van der Waals surface area contributed by atoms with Crippen molar-refractivity contribution in [2.75, 3.05) is 7.11 Å². The largest absolute Gasteiger partial charge is 0.493 e. The fourth-order valence-corrected chi connectivity index (χ4v) is 3.23. The minimum atomic E-state index is -0.943. The van der Waals surface area contributed by atoms with Gasteiger partial charge in [-0.05, 0) is 25.8 Å². The Bertz CT molecular complexity index is 916. The molecule has 0 aliphatic carbocycles. The molecule has 0 saturated carbocycles. The van der Waals surface area contributed by atoms with Gasteiger partial charge in [0.15, 0.2) is 11.4 Å². The van der Waals surface area contributed by atoms with Gasteiger partial charge in [-0.2, -0.15) is 0 Å². The van der Waals surface area contributed by atoms with Crippen molar-refractivity contribution < 1.29 is 28.6 Å². The molecule has 1 aromatic heterocycles. The van der Waals surface area contributed by atoms with Gasteiger partial charge in [-0.15, -0.1) is 0 Å². The molecule has 0 aliphatic heterocycles. The summed E-state index contributed by atoms with van der Waals surface area (Å²) in [6, 6.07) is 10.3. The SMILES string of the molecule is CC[C@@H](c1ccccc1)[C@H](C)OC(=O)[C@H](C)NC(=O)c1nccc(OC)c1OC(C)=O. The van der Waals surface area contributed by atoms with Gasteiger partial charge < -0.3 is 19.5 Å². The molecule has 1 N–H and O–H groups in total. The highest BCUT2D eigenvalue weighted by atomic mass is 16.6. The summed E-state index contributed by atoms with van der Waals surface area (Å²) >= 11 is 0. The van der Waals surface area contributed by atoms with Crippen LogP contribution in [0.3, 0.4) is 0 Å². The number of pyridine rings is 1. The lowest BCUT2D eigenvalue weighted by Gasteiger charge is -2.25. The summed E-state index contributed by atoms with van der Waals surface area (Å²) in [6.07, 6.45) is 1.75. The molecule has 0 bridgehead atoms. The average molecular weight is 428 g/mol. The summed E-state index contributed by atoms with van der Waals surface area (Å²) in [6.45, 7) is 6.57. The Morgan fingerprint density at radius 2 is 1.77 bits per heavy atom. The second-order valence-corrected chi connectivity index (χ2v) is 7.05. The molecule has 0 saturated heterocycles. The van der Waals surface area contributed by atoms with Gasteiger partial charge >= 0.3 is 11.9 Å². The summed E-state index contributed by atoms with van der Waals surface area (Å²) in [5.41, 5.74) is 0.909. The smallest absolute Gasteiger partial charge is 0.328 e. The van der Waals surface area contributed by atoms with Gasteiger partial charge in [0.05, 0.1) is 7.11 Å². The fourth-order valence-electron chi connectivity index (χ4n) is 3.23. The predicted molar refractivity (Wildman–Crippen MR) is 114 cm³/mol. The quantitative estimate of drug-likeness (QED) is 0.611. The van der Waals surface area contributed by atoms with Crippen LogP contribution in [0.15, 0.2) is 42.6 Å². The Hall–Kier alpha value is -3.42. The maximum Gasteiger partial charge on any atom is 0.328 e. The van der Waals surface area contributed by atoms with Crippen molar-refractivity contribution >= 4 is 17.8 Å². The maximum absolute atomic E-state index is 12.7. The number of methoxy groups -OCH3 is 1. The zero-order valence-corrected chi connectivity index (χ0v) is 18.4. The molecule has 166 valence electrons. The number of amides is 1. The van der Waals surface area contributed by atoms with E-state index in [1.54, 1.807) is 0 Å². The van der Waals surface area contributed by atoms with E-state index in [0.29, 0.717) is 0 Å². The van der Waals surface area contributed by atoms with Gasteiger partial charge in [0.2, 0.25) is 5.75 Å². The fraction of sp³-hybridized carbons (Fsp3) is 0.391. The van der Waals surface area contributed by atoms with Crippen LogP contribution in [0.25, 0.3) is 0 Å². The zero-order chi connectivity index (χ0) is 23.0. The number of hydrogen-bond donors (Lipinski definition) is 1. The second-order valence-electron chi connectivity index (χ2n) is 7.05. The lowest BCUT2D eigenvalue weighted by atomic mass is 9.92. The number of ether oxygens (including phenoxy) is 3. The van der Waals surface area contributed by atoms with E-state index >= 15 is 0 Å². The molecule has 3 atom stereocenters. The molecule has 0 aliphatic rings. The van der Waals surface area contributed by atoms with Crippen molar-refractivity contribution in [2.45, 2.75) is 52.2 Å². The van der Waals surface area contributed by atoms with Crippen molar-refractivity contribution in [1.82, 2.24) is 10.3 Å². The molecular weight excluding hydrogens is 400 g/mol. The molecule has 8 nitrogen and oxygen atoms in total. The molecule has 1 aromatic carbocycles. The number of esters is 2. The van der Waals surface area contributed by atoms with Crippen LogP contribution in [0.5, 0.6) is 11.5 Å². The van der Waals surface area contributed by atoms with Crippen molar-refractivity contribution in [1.29, 1.82) is 0 Å². The minimum absolute atomic E-state index is 0.0312. The number of rotatable bonds is 9. The molecule has 1 heterocycles. The monoisotopic (exact) mass is 428 g/mol. The van der Waals surface area contributed by atoms with E-state index in [2.05, 4.69) is 10.3 Å². The molecule has 0 spiro atoms. The third kappa shape index (κ3) is 6.28. The van der Waals surface area contributed by atoms with Crippen LogP contribution in [0.2, 0.25) is 0 Å². The first-order valence-corrected chi connectivity index (χ1v) is 10.1. The number of carbonyl (C=O) groups excluding carboxylic acids is 3.